The van der Waals surface area contributed by atoms with Gasteiger partial charge in [-0.05, 0) is 36.8 Å². The van der Waals surface area contributed by atoms with E-state index in [1.54, 1.807) is 38.0 Å². The van der Waals surface area contributed by atoms with Gasteiger partial charge in [0.2, 0.25) is 5.88 Å². The number of hydrogen-bond acceptors (Lipinski definition) is 8. The zero-order chi connectivity index (χ0) is 27.1. The highest BCUT2D eigenvalue weighted by molar-refractivity contribution is 6.14. The summed E-state index contributed by atoms with van der Waals surface area (Å²) in [5.74, 6) is 0.986. The minimum Gasteiger partial charge on any atom is -0.445 e. The lowest BCUT2D eigenvalue weighted by Crippen LogP contribution is -2.25. The Bertz CT molecular complexity index is 1530. The van der Waals surface area contributed by atoms with E-state index in [0.29, 0.717) is 17.0 Å². The quantitative estimate of drug-likeness (QED) is 0.381. The number of imidazole rings is 1. The monoisotopic (exact) mass is 504 g/mol. The van der Waals surface area contributed by atoms with Crippen molar-refractivity contribution in [3.8, 4) is 23.1 Å². The maximum absolute atomic E-state index is 10.0. The summed E-state index contributed by atoms with van der Waals surface area (Å²) in [4.78, 5) is 21.4. The van der Waals surface area contributed by atoms with E-state index in [0.717, 1.165) is 33.8 Å². The second kappa shape index (κ2) is 11.8. The maximum atomic E-state index is 10.0. The van der Waals surface area contributed by atoms with Gasteiger partial charge >= 0.3 is 0 Å². The molecule has 0 saturated heterocycles. The van der Waals surface area contributed by atoms with Gasteiger partial charge in [-0.3, -0.25) is 14.5 Å². The number of nitriles is 1. The summed E-state index contributed by atoms with van der Waals surface area (Å²) in [7, 11) is 1.69. The van der Waals surface area contributed by atoms with Crippen molar-refractivity contribution in [2.75, 3.05) is 7.05 Å². The molecule has 0 fully saturated rings. The van der Waals surface area contributed by atoms with Crippen LogP contribution >= 0.6 is 0 Å². The van der Waals surface area contributed by atoms with Crippen molar-refractivity contribution in [1.29, 1.82) is 5.26 Å². The number of aliphatic imine (C=N–C) groups is 1. The van der Waals surface area contributed by atoms with Crippen molar-refractivity contribution in [2.24, 2.45) is 10.7 Å². The molecule has 190 valence electrons. The highest BCUT2D eigenvalue weighted by Gasteiger charge is 2.34. The molecule has 1 atom stereocenters. The Kier molecular flexibility index (Phi) is 8.04. The first-order valence-electron chi connectivity index (χ1n) is 12.2. The molecule has 3 aromatic heterocycles. The van der Waals surface area contributed by atoms with E-state index in [1.807, 2.05) is 67.9 Å². The van der Waals surface area contributed by atoms with E-state index in [-0.39, 0.29) is 5.88 Å². The van der Waals surface area contributed by atoms with Gasteiger partial charge in [-0.25, -0.2) is 15.0 Å². The second-order valence-corrected chi connectivity index (χ2v) is 8.04. The van der Waals surface area contributed by atoms with E-state index in [4.69, 9.17) is 10.5 Å². The first-order valence-corrected chi connectivity index (χ1v) is 12.2. The third kappa shape index (κ3) is 4.92. The van der Waals surface area contributed by atoms with Gasteiger partial charge in [0.05, 0.1) is 11.6 Å². The summed E-state index contributed by atoms with van der Waals surface area (Å²) in [6.07, 6.45) is 12.0. The van der Waals surface area contributed by atoms with Crippen LogP contribution in [-0.4, -0.2) is 37.3 Å². The number of benzene rings is 1. The Morgan fingerprint density at radius 2 is 1.71 bits per heavy atom. The van der Waals surface area contributed by atoms with Crippen LogP contribution in [0.15, 0.2) is 108 Å². The normalized spacial score (nSPS) is 15.3. The lowest BCUT2D eigenvalue weighted by atomic mass is 9.79. The average molecular weight is 505 g/mol. The fourth-order valence-electron chi connectivity index (χ4n) is 4.40. The van der Waals surface area contributed by atoms with Gasteiger partial charge in [-0.15, -0.1) is 0 Å². The molecule has 9 nitrogen and oxygen atoms in total. The predicted octanol–water partition coefficient (Wildman–Crippen LogP) is 4.95. The van der Waals surface area contributed by atoms with Gasteiger partial charge in [0, 0.05) is 66.6 Å². The van der Waals surface area contributed by atoms with Gasteiger partial charge in [-0.1, -0.05) is 26.0 Å². The van der Waals surface area contributed by atoms with Crippen LogP contribution < -0.4 is 5.73 Å². The van der Waals surface area contributed by atoms with E-state index < -0.39 is 5.92 Å². The van der Waals surface area contributed by atoms with Gasteiger partial charge in [0.25, 0.3) is 0 Å². The molecule has 1 aliphatic heterocycles. The third-order valence-corrected chi connectivity index (χ3v) is 6.00. The van der Waals surface area contributed by atoms with E-state index in [1.165, 1.54) is 6.33 Å². The first kappa shape index (κ1) is 26.0. The summed E-state index contributed by atoms with van der Waals surface area (Å²) >= 11 is 0. The molecule has 0 spiro atoms. The summed E-state index contributed by atoms with van der Waals surface area (Å²) in [5.41, 5.74) is 11.3. The number of pyridine rings is 1. The average Bonchev–Trinajstić information content (AvgIpc) is 3.47. The van der Waals surface area contributed by atoms with Crippen molar-refractivity contribution in [3.63, 3.8) is 0 Å². The Morgan fingerprint density at radius 1 is 1.03 bits per heavy atom. The number of aromatic nitrogens is 5. The highest BCUT2D eigenvalue weighted by atomic mass is 16.5. The Labute approximate surface area is 221 Å². The van der Waals surface area contributed by atoms with E-state index in [9.17, 15) is 5.26 Å². The molecule has 0 amide bonds. The van der Waals surface area contributed by atoms with Crippen LogP contribution in [0, 0.1) is 11.3 Å². The van der Waals surface area contributed by atoms with E-state index in [2.05, 4.69) is 31.0 Å². The van der Waals surface area contributed by atoms with Crippen LogP contribution in [0.25, 0.3) is 17.1 Å². The molecule has 0 radical (unpaired) electrons. The summed E-state index contributed by atoms with van der Waals surface area (Å²) < 4.78 is 7.78. The molecule has 9 heteroatoms. The maximum Gasteiger partial charge on any atom is 0.205 e. The second-order valence-electron chi connectivity index (χ2n) is 8.04. The van der Waals surface area contributed by atoms with Crippen LogP contribution in [0.3, 0.4) is 0 Å². The molecule has 0 aliphatic carbocycles. The lowest BCUT2D eigenvalue weighted by molar-refractivity contribution is 0.284. The van der Waals surface area contributed by atoms with Gasteiger partial charge < -0.3 is 10.5 Å². The van der Waals surface area contributed by atoms with Crippen LogP contribution in [0.2, 0.25) is 0 Å². The molecule has 0 saturated carbocycles. The van der Waals surface area contributed by atoms with Gasteiger partial charge in [-0.2, -0.15) is 5.26 Å². The first-order chi connectivity index (χ1) is 18.6. The van der Waals surface area contributed by atoms with Crippen molar-refractivity contribution in [3.05, 3.63) is 114 Å². The summed E-state index contributed by atoms with van der Waals surface area (Å²) in [5, 5.41) is 10.0. The van der Waals surface area contributed by atoms with E-state index >= 15 is 0 Å². The van der Waals surface area contributed by atoms with Crippen LogP contribution in [0.1, 0.15) is 37.8 Å². The number of hydrogen-bond donors (Lipinski definition) is 1. The lowest BCUT2D eigenvalue weighted by Gasteiger charge is -2.29. The van der Waals surface area contributed by atoms with Crippen LogP contribution in [-0.2, 0) is 4.74 Å². The molecule has 2 N–H and O–H groups in total. The zero-order valence-corrected chi connectivity index (χ0v) is 21.7. The smallest absolute Gasteiger partial charge is 0.205 e. The minimum atomic E-state index is -0.473. The number of allylic oxidation sites excluding steroid dienone is 3. The Balaban J connectivity index is 0.00000164. The minimum absolute atomic E-state index is 0.0853. The molecule has 38 heavy (non-hydrogen) atoms. The molecule has 1 unspecified atom stereocenters. The summed E-state index contributed by atoms with van der Waals surface area (Å²) in [6.45, 7) is 5.82. The van der Waals surface area contributed by atoms with Crippen LogP contribution in [0.5, 0.6) is 0 Å². The molecular weight excluding hydrogens is 476 g/mol. The van der Waals surface area contributed by atoms with Crippen molar-refractivity contribution >= 4 is 5.71 Å². The highest BCUT2D eigenvalue weighted by Crippen LogP contribution is 2.41. The van der Waals surface area contributed by atoms with Gasteiger partial charge in [0.1, 0.15) is 29.6 Å². The Hall–Kier alpha value is -5.10. The molecule has 1 aromatic carbocycles. The number of nitrogens with two attached hydrogens (primary N) is 1. The van der Waals surface area contributed by atoms with Gasteiger partial charge in [0.15, 0.2) is 0 Å². The largest absolute Gasteiger partial charge is 0.445 e. The molecule has 1 aliphatic rings. The van der Waals surface area contributed by atoms with Crippen LogP contribution in [0.4, 0.5) is 0 Å². The number of nitrogens with zero attached hydrogens (tertiary/aromatic N) is 7. The molecule has 4 aromatic rings. The molecule has 0 bridgehead atoms. The fraction of sp³-hybridized carbons (Fsp3) is 0.172. The molecule has 5 rings (SSSR count). The third-order valence-electron chi connectivity index (χ3n) is 6.00. The predicted molar refractivity (Wildman–Crippen MR) is 146 cm³/mol. The van der Waals surface area contributed by atoms with Crippen molar-refractivity contribution < 1.29 is 4.74 Å². The number of ether oxygens (including phenoxy) is 1. The molecular formula is C29H28N8O. The molecule has 4 heterocycles. The standard InChI is InChI=1S/C27H22N8O.C2H6/c1-17-23(25(30-2)20-14-32-16-33-15-20)24(22(13-28)26(29)36-17)18-3-5-21(6-4-18)35-12-11-34-27(35)19-7-9-31-10-8-19;1-2/h3-12,14-16,24H,29H2,1-2H3;1-2H3. The zero-order valence-electron chi connectivity index (χ0n) is 21.7. The Morgan fingerprint density at radius 3 is 2.34 bits per heavy atom. The summed E-state index contributed by atoms with van der Waals surface area (Å²) in [6, 6.07) is 14.0. The van der Waals surface area contributed by atoms with Crippen molar-refractivity contribution in [1.82, 2.24) is 24.5 Å². The number of rotatable bonds is 5. The SMILES string of the molecule is CC.CN=C(C1=C(C)OC(N)=C(C#N)C1c1ccc(-n2ccnc2-c2ccncc2)cc1)c1cncnc1. The topological polar surface area (TPSA) is 128 Å². The van der Waals surface area contributed by atoms with Crippen molar-refractivity contribution in [2.45, 2.75) is 26.7 Å². The fourth-order valence-corrected chi connectivity index (χ4v) is 4.40.